The van der Waals surface area contributed by atoms with E-state index in [-0.39, 0.29) is 17.9 Å². The maximum absolute atomic E-state index is 12.8. The van der Waals surface area contributed by atoms with E-state index < -0.39 is 12.1 Å². The highest BCUT2D eigenvalue weighted by molar-refractivity contribution is 5.86. The Balaban J connectivity index is 2.12. The van der Waals surface area contributed by atoms with Crippen LogP contribution in [-0.4, -0.2) is 42.1 Å². The van der Waals surface area contributed by atoms with Crippen molar-refractivity contribution in [1.29, 1.82) is 0 Å². The van der Waals surface area contributed by atoms with E-state index >= 15 is 0 Å². The molecule has 2 amide bonds. The van der Waals surface area contributed by atoms with Crippen molar-refractivity contribution < 1.29 is 14.3 Å². The van der Waals surface area contributed by atoms with Crippen LogP contribution < -0.4 is 5.32 Å². The molecule has 1 heterocycles. The maximum Gasteiger partial charge on any atom is 0.407 e. The normalized spacial score (nSPS) is 30.2. The first-order chi connectivity index (χ1) is 9.45. The lowest BCUT2D eigenvalue weighted by Gasteiger charge is -2.33. The number of hydrogen-bond acceptors (Lipinski definition) is 3. The molecule has 0 aromatic heterocycles. The van der Waals surface area contributed by atoms with Gasteiger partial charge in [0, 0.05) is 12.1 Å². The second kappa shape index (κ2) is 6.02. The molecular weight excluding hydrogens is 256 g/mol. The zero-order chi connectivity index (χ0) is 14.9. The van der Waals surface area contributed by atoms with Gasteiger partial charge in [-0.05, 0) is 38.0 Å². The number of alkyl carbamates (subject to hydrolysis) is 1. The van der Waals surface area contributed by atoms with E-state index in [1.54, 1.807) is 0 Å². The van der Waals surface area contributed by atoms with Crippen LogP contribution in [0.1, 0.15) is 46.5 Å². The first kappa shape index (κ1) is 15.1. The number of amides is 2. The standard InChI is InChI=1S/C15H26N2O3/c1-9(2)13(16-15(19)20-4)14(18)17-10(3)8-11-6-5-7-12(11)17/h9-13H,5-8H2,1-4H3,(H,16,19)/t10-,11+,12?,13+/m1/s1. The number of ether oxygens (including phenoxy) is 1. The number of carbonyl (C=O) groups is 2. The second-order valence-corrected chi connectivity index (χ2v) is 6.45. The van der Waals surface area contributed by atoms with Gasteiger partial charge in [-0.15, -0.1) is 0 Å². The molecule has 2 aliphatic rings. The van der Waals surface area contributed by atoms with E-state index in [1.165, 1.54) is 20.0 Å². The Bertz CT molecular complexity index is 383. The van der Waals surface area contributed by atoms with E-state index in [9.17, 15) is 9.59 Å². The fourth-order valence-electron chi connectivity index (χ4n) is 3.78. The van der Waals surface area contributed by atoms with Gasteiger partial charge in [-0.1, -0.05) is 20.3 Å². The molecule has 0 aromatic rings. The first-order valence-corrected chi connectivity index (χ1v) is 7.62. The molecule has 4 atom stereocenters. The number of likely N-dealkylation sites (tertiary alicyclic amines) is 1. The van der Waals surface area contributed by atoms with Crippen molar-refractivity contribution in [2.24, 2.45) is 11.8 Å². The highest BCUT2D eigenvalue weighted by Crippen LogP contribution is 2.41. The maximum atomic E-state index is 12.8. The third-order valence-electron chi connectivity index (χ3n) is 4.74. The van der Waals surface area contributed by atoms with Gasteiger partial charge in [-0.2, -0.15) is 0 Å². The summed E-state index contributed by atoms with van der Waals surface area (Å²) in [4.78, 5) is 26.3. The van der Waals surface area contributed by atoms with Crippen molar-refractivity contribution in [3.05, 3.63) is 0 Å². The summed E-state index contributed by atoms with van der Waals surface area (Å²) in [7, 11) is 1.32. The number of hydrogen-bond donors (Lipinski definition) is 1. The number of rotatable bonds is 3. The van der Waals surface area contributed by atoms with Gasteiger partial charge in [0.25, 0.3) is 0 Å². The first-order valence-electron chi connectivity index (χ1n) is 7.62. The number of fused-ring (bicyclic) bond motifs is 1. The minimum Gasteiger partial charge on any atom is -0.453 e. The molecule has 0 aromatic carbocycles. The molecule has 1 unspecified atom stereocenters. The molecule has 5 heteroatoms. The zero-order valence-corrected chi connectivity index (χ0v) is 12.9. The van der Waals surface area contributed by atoms with Crippen LogP contribution in [0.5, 0.6) is 0 Å². The van der Waals surface area contributed by atoms with E-state index in [0.29, 0.717) is 12.0 Å². The van der Waals surface area contributed by atoms with Gasteiger partial charge in [0.05, 0.1) is 7.11 Å². The zero-order valence-electron chi connectivity index (χ0n) is 12.9. The topological polar surface area (TPSA) is 58.6 Å². The summed E-state index contributed by atoms with van der Waals surface area (Å²) in [5.41, 5.74) is 0. The minimum atomic E-state index is -0.535. The summed E-state index contributed by atoms with van der Waals surface area (Å²) in [5, 5.41) is 2.69. The average Bonchev–Trinajstić information content (AvgIpc) is 2.94. The second-order valence-electron chi connectivity index (χ2n) is 6.45. The monoisotopic (exact) mass is 282 g/mol. The Labute approximate surface area is 121 Å². The lowest BCUT2D eigenvalue weighted by Crippen LogP contribution is -2.54. The minimum absolute atomic E-state index is 0.0484. The summed E-state index contributed by atoms with van der Waals surface area (Å²) in [6.07, 6.45) is 4.10. The lowest BCUT2D eigenvalue weighted by molar-refractivity contribution is -0.137. The predicted molar refractivity (Wildman–Crippen MR) is 76.2 cm³/mol. The summed E-state index contributed by atoms with van der Waals surface area (Å²) < 4.78 is 4.64. The molecule has 0 radical (unpaired) electrons. The molecule has 5 nitrogen and oxygen atoms in total. The molecule has 1 N–H and O–H groups in total. The molecule has 0 spiro atoms. The summed E-state index contributed by atoms with van der Waals surface area (Å²) in [5.74, 6) is 0.751. The molecule has 1 aliphatic heterocycles. The van der Waals surface area contributed by atoms with Crippen LogP contribution in [-0.2, 0) is 9.53 Å². The van der Waals surface area contributed by atoms with Gasteiger partial charge in [0.1, 0.15) is 6.04 Å². The Morgan fingerprint density at radius 3 is 2.60 bits per heavy atom. The van der Waals surface area contributed by atoms with Gasteiger partial charge in [-0.25, -0.2) is 4.79 Å². The van der Waals surface area contributed by atoms with E-state index in [4.69, 9.17) is 0 Å². The Kier molecular flexibility index (Phi) is 4.55. The Morgan fingerprint density at radius 1 is 1.30 bits per heavy atom. The molecule has 20 heavy (non-hydrogen) atoms. The molecule has 114 valence electrons. The molecule has 1 aliphatic carbocycles. The van der Waals surface area contributed by atoms with Crippen molar-refractivity contribution in [1.82, 2.24) is 10.2 Å². The summed E-state index contributed by atoms with van der Waals surface area (Å²) in [6.45, 7) is 6.02. The quantitative estimate of drug-likeness (QED) is 0.863. The predicted octanol–water partition coefficient (Wildman–Crippen LogP) is 2.16. The van der Waals surface area contributed by atoms with Crippen LogP contribution in [0, 0.1) is 11.8 Å². The number of carbonyl (C=O) groups excluding carboxylic acids is 2. The highest BCUT2D eigenvalue weighted by Gasteiger charge is 2.46. The molecular formula is C15H26N2O3. The molecule has 2 rings (SSSR count). The largest absolute Gasteiger partial charge is 0.453 e. The van der Waals surface area contributed by atoms with Crippen molar-refractivity contribution in [2.75, 3.05) is 7.11 Å². The van der Waals surface area contributed by atoms with Gasteiger partial charge in [0.15, 0.2) is 0 Å². The van der Waals surface area contributed by atoms with E-state index in [0.717, 1.165) is 12.8 Å². The Morgan fingerprint density at radius 2 is 2.00 bits per heavy atom. The van der Waals surface area contributed by atoms with Crippen molar-refractivity contribution in [3.63, 3.8) is 0 Å². The van der Waals surface area contributed by atoms with Crippen LogP contribution in [0.3, 0.4) is 0 Å². The fraction of sp³-hybridized carbons (Fsp3) is 0.867. The number of methoxy groups -OCH3 is 1. The van der Waals surface area contributed by atoms with Crippen LogP contribution in [0.2, 0.25) is 0 Å². The van der Waals surface area contributed by atoms with Crippen molar-refractivity contribution in [2.45, 2.75) is 64.6 Å². The van der Waals surface area contributed by atoms with Gasteiger partial charge in [-0.3, -0.25) is 4.79 Å². The third-order valence-corrected chi connectivity index (χ3v) is 4.74. The number of nitrogens with zero attached hydrogens (tertiary/aromatic N) is 1. The van der Waals surface area contributed by atoms with Gasteiger partial charge in [0.2, 0.25) is 5.91 Å². The van der Waals surface area contributed by atoms with Crippen molar-refractivity contribution >= 4 is 12.0 Å². The van der Waals surface area contributed by atoms with Crippen LogP contribution in [0.4, 0.5) is 4.79 Å². The van der Waals surface area contributed by atoms with Crippen molar-refractivity contribution in [3.8, 4) is 0 Å². The van der Waals surface area contributed by atoms with Gasteiger partial charge >= 0.3 is 6.09 Å². The highest BCUT2D eigenvalue weighted by atomic mass is 16.5. The summed E-state index contributed by atoms with van der Waals surface area (Å²) >= 11 is 0. The van der Waals surface area contributed by atoms with Crippen LogP contribution in [0.25, 0.3) is 0 Å². The van der Waals surface area contributed by atoms with Crippen LogP contribution >= 0.6 is 0 Å². The average molecular weight is 282 g/mol. The fourth-order valence-corrected chi connectivity index (χ4v) is 3.78. The third kappa shape index (κ3) is 2.76. The van der Waals surface area contributed by atoms with E-state index in [2.05, 4.69) is 17.0 Å². The smallest absolute Gasteiger partial charge is 0.407 e. The Hall–Kier alpha value is -1.26. The van der Waals surface area contributed by atoms with E-state index in [1.807, 2.05) is 18.7 Å². The molecule has 2 fully saturated rings. The molecule has 1 saturated carbocycles. The SMILES string of the molecule is COC(=O)N[C@H](C(=O)N1C2CCC[C@H]2C[C@H]1C)C(C)C. The molecule has 1 saturated heterocycles. The van der Waals surface area contributed by atoms with Gasteiger partial charge < -0.3 is 15.0 Å². The lowest BCUT2D eigenvalue weighted by atomic mass is 10.0. The summed E-state index contributed by atoms with van der Waals surface area (Å²) in [6, 6.07) is 0.154. The molecule has 0 bridgehead atoms. The number of nitrogens with one attached hydrogen (secondary N) is 1. The van der Waals surface area contributed by atoms with Crippen LogP contribution in [0.15, 0.2) is 0 Å².